The maximum atomic E-state index is 12.1. The molecule has 1 aromatic rings. The van der Waals surface area contributed by atoms with Gasteiger partial charge in [-0.2, -0.15) is 0 Å². The monoisotopic (exact) mass is 280 g/mol. The number of hydrogen-bond acceptors (Lipinski definition) is 4. The topological polar surface area (TPSA) is 63.4 Å². The average Bonchev–Trinajstić information content (AvgIpc) is 2.92. The van der Waals surface area contributed by atoms with Crippen LogP contribution in [-0.2, 0) is 4.79 Å². The quantitative estimate of drug-likeness (QED) is 0.857. The summed E-state index contributed by atoms with van der Waals surface area (Å²) in [6, 6.07) is 2.01. The summed E-state index contributed by atoms with van der Waals surface area (Å²) >= 11 is 1.62. The van der Waals surface area contributed by atoms with Crippen LogP contribution in [0.2, 0.25) is 0 Å². The zero-order chi connectivity index (χ0) is 14.0. The zero-order valence-corrected chi connectivity index (χ0v) is 12.3. The molecule has 0 aromatic carbocycles. The first kappa shape index (κ1) is 14.2. The normalized spacial score (nSPS) is 18.9. The minimum Gasteiger partial charge on any atom is -0.341 e. The molecule has 0 unspecified atom stereocenters. The Balaban J connectivity index is 1.87. The molecule has 0 bridgehead atoms. The number of carbonyl (C=O) groups is 2. The zero-order valence-electron chi connectivity index (χ0n) is 11.4. The number of amides is 1. The van der Waals surface area contributed by atoms with Crippen molar-refractivity contribution >= 4 is 23.0 Å². The molecule has 1 atom stereocenters. The lowest BCUT2D eigenvalue weighted by atomic mass is 10.1. The third-order valence-corrected chi connectivity index (χ3v) is 4.45. The summed E-state index contributed by atoms with van der Waals surface area (Å²) in [5.41, 5.74) is 6.54. The van der Waals surface area contributed by atoms with E-state index < -0.39 is 0 Å². The number of thiophene rings is 1. The van der Waals surface area contributed by atoms with E-state index in [0.29, 0.717) is 19.4 Å². The van der Waals surface area contributed by atoms with Gasteiger partial charge in [0.1, 0.15) is 0 Å². The van der Waals surface area contributed by atoms with Gasteiger partial charge in [0.05, 0.1) is 0 Å². The van der Waals surface area contributed by atoms with Crippen molar-refractivity contribution < 1.29 is 9.59 Å². The lowest BCUT2D eigenvalue weighted by molar-refractivity contribution is -0.130. The molecule has 1 aliphatic rings. The van der Waals surface area contributed by atoms with E-state index in [0.717, 1.165) is 28.3 Å². The van der Waals surface area contributed by atoms with E-state index in [-0.39, 0.29) is 17.7 Å². The molecule has 0 radical (unpaired) electrons. The molecular weight excluding hydrogens is 260 g/mol. The molecule has 2 heterocycles. The fourth-order valence-electron chi connectivity index (χ4n) is 2.43. The van der Waals surface area contributed by atoms with Crippen molar-refractivity contribution in [2.24, 2.45) is 5.73 Å². The number of aryl methyl sites for hydroxylation is 2. The van der Waals surface area contributed by atoms with E-state index in [1.54, 1.807) is 16.2 Å². The highest BCUT2D eigenvalue weighted by Crippen LogP contribution is 2.22. The van der Waals surface area contributed by atoms with Gasteiger partial charge in [-0.3, -0.25) is 9.59 Å². The molecule has 1 amide bonds. The maximum Gasteiger partial charge on any atom is 0.223 e. The Hall–Kier alpha value is -1.20. The molecule has 19 heavy (non-hydrogen) atoms. The standard InChI is InChI=1S/C14H20N2O2S/c1-9-7-12(10(2)19-9)13(17)3-4-14(18)16-6-5-11(15)8-16/h7,11H,3-6,8,15H2,1-2H3/t11-/m1/s1. The predicted molar refractivity (Wildman–Crippen MR) is 76.5 cm³/mol. The molecule has 104 valence electrons. The molecule has 1 aliphatic heterocycles. The number of likely N-dealkylation sites (tertiary alicyclic amines) is 1. The van der Waals surface area contributed by atoms with Crippen molar-refractivity contribution in [1.29, 1.82) is 0 Å². The largest absolute Gasteiger partial charge is 0.341 e. The van der Waals surface area contributed by atoms with Crippen molar-refractivity contribution in [2.45, 2.75) is 39.2 Å². The third kappa shape index (κ3) is 3.42. The Morgan fingerprint density at radius 2 is 2.16 bits per heavy atom. The van der Waals surface area contributed by atoms with Crippen LogP contribution in [0.1, 0.15) is 39.4 Å². The summed E-state index contributed by atoms with van der Waals surface area (Å²) in [5, 5.41) is 0. The van der Waals surface area contributed by atoms with Gasteiger partial charge < -0.3 is 10.6 Å². The molecule has 0 spiro atoms. The van der Waals surface area contributed by atoms with Crippen LogP contribution in [0.5, 0.6) is 0 Å². The summed E-state index contributed by atoms with van der Waals surface area (Å²) < 4.78 is 0. The highest BCUT2D eigenvalue weighted by atomic mass is 32.1. The number of ketones is 1. The summed E-state index contributed by atoms with van der Waals surface area (Å²) in [4.78, 5) is 28.0. The molecule has 0 aliphatic carbocycles. The van der Waals surface area contributed by atoms with Gasteiger partial charge in [0.25, 0.3) is 0 Å². The minimum absolute atomic E-state index is 0.0471. The van der Waals surface area contributed by atoms with Crippen molar-refractivity contribution in [3.63, 3.8) is 0 Å². The molecule has 1 fully saturated rings. The van der Waals surface area contributed by atoms with E-state index in [9.17, 15) is 9.59 Å². The molecule has 2 rings (SSSR count). The van der Waals surface area contributed by atoms with Crippen LogP contribution in [0.25, 0.3) is 0 Å². The van der Waals surface area contributed by atoms with Crippen LogP contribution < -0.4 is 5.73 Å². The Morgan fingerprint density at radius 3 is 2.68 bits per heavy atom. The number of hydrogen-bond donors (Lipinski definition) is 1. The van der Waals surface area contributed by atoms with Crippen molar-refractivity contribution in [1.82, 2.24) is 4.90 Å². The summed E-state index contributed by atoms with van der Waals surface area (Å²) in [6.07, 6.45) is 1.45. The fourth-order valence-corrected chi connectivity index (χ4v) is 3.38. The second-order valence-corrected chi connectivity index (χ2v) is 6.60. The number of Topliss-reactive ketones (excluding diaryl/α,β-unsaturated/α-hetero) is 1. The predicted octanol–water partition coefficient (Wildman–Crippen LogP) is 1.89. The Bertz CT molecular complexity index is 496. The van der Waals surface area contributed by atoms with E-state index >= 15 is 0 Å². The van der Waals surface area contributed by atoms with Crippen molar-refractivity contribution in [2.75, 3.05) is 13.1 Å². The number of rotatable bonds is 4. The van der Waals surface area contributed by atoms with Gasteiger partial charge in [-0.25, -0.2) is 0 Å². The van der Waals surface area contributed by atoms with Gasteiger partial charge in [0.15, 0.2) is 5.78 Å². The fraction of sp³-hybridized carbons (Fsp3) is 0.571. The van der Waals surface area contributed by atoms with Gasteiger partial charge in [0, 0.05) is 47.3 Å². The smallest absolute Gasteiger partial charge is 0.223 e. The summed E-state index contributed by atoms with van der Waals surface area (Å²) in [5.74, 6) is 0.115. The van der Waals surface area contributed by atoms with E-state index in [4.69, 9.17) is 5.73 Å². The molecule has 2 N–H and O–H groups in total. The molecule has 5 heteroatoms. The highest BCUT2D eigenvalue weighted by Gasteiger charge is 2.24. The Kier molecular flexibility index (Phi) is 4.37. The van der Waals surface area contributed by atoms with Gasteiger partial charge in [0.2, 0.25) is 5.91 Å². The molecule has 0 saturated carbocycles. The summed E-state index contributed by atoms with van der Waals surface area (Å²) in [7, 11) is 0. The first-order chi connectivity index (χ1) is 8.97. The van der Waals surface area contributed by atoms with Crippen molar-refractivity contribution in [3.8, 4) is 0 Å². The van der Waals surface area contributed by atoms with Crippen LogP contribution in [0.4, 0.5) is 0 Å². The highest BCUT2D eigenvalue weighted by molar-refractivity contribution is 7.12. The number of nitrogens with two attached hydrogens (primary N) is 1. The molecule has 1 aromatic heterocycles. The van der Waals surface area contributed by atoms with Gasteiger partial charge in [-0.15, -0.1) is 11.3 Å². The average molecular weight is 280 g/mol. The first-order valence-electron chi connectivity index (χ1n) is 6.61. The van der Waals surface area contributed by atoms with Crippen LogP contribution >= 0.6 is 11.3 Å². The summed E-state index contributed by atoms with van der Waals surface area (Å²) in [6.45, 7) is 5.30. The lowest BCUT2D eigenvalue weighted by Crippen LogP contribution is -2.32. The Morgan fingerprint density at radius 1 is 1.42 bits per heavy atom. The molecule has 4 nitrogen and oxygen atoms in total. The van der Waals surface area contributed by atoms with E-state index in [1.807, 2.05) is 19.9 Å². The molecular formula is C14H20N2O2S. The van der Waals surface area contributed by atoms with Gasteiger partial charge >= 0.3 is 0 Å². The Labute approximate surface area is 117 Å². The third-order valence-electron chi connectivity index (χ3n) is 3.48. The second kappa shape index (κ2) is 5.84. The maximum absolute atomic E-state index is 12.1. The lowest BCUT2D eigenvalue weighted by Gasteiger charge is -2.15. The van der Waals surface area contributed by atoms with Crippen LogP contribution in [-0.4, -0.2) is 35.7 Å². The van der Waals surface area contributed by atoms with Gasteiger partial charge in [-0.05, 0) is 26.3 Å². The minimum atomic E-state index is 0.0471. The second-order valence-electron chi connectivity index (χ2n) is 5.14. The van der Waals surface area contributed by atoms with Crippen LogP contribution in [0, 0.1) is 13.8 Å². The van der Waals surface area contributed by atoms with Gasteiger partial charge in [-0.1, -0.05) is 0 Å². The van der Waals surface area contributed by atoms with E-state index in [1.165, 1.54) is 0 Å². The van der Waals surface area contributed by atoms with E-state index in [2.05, 4.69) is 0 Å². The number of carbonyl (C=O) groups excluding carboxylic acids is 2. The van der Waals surface area contributed by atoms with Crippen molar-refractivity contribution in [3.05, 3.63) is 21.4 Å². The number of nitrogens with zero attached hydrogens (tertiary/aromatic N) is 1. The van der Waals surface area contributed by atoms with Crippen LogP contribution in [0.3, 0.4) is 0 Å². The molecule has 1 saturated heterocycles. The SMILES string of the molecule is Cc1cc(C(=O)CCC(=O)N2CC[C@@H](N)C2)c(C)s1. The van der Waals surface area contributed by atoms with Crippen LogP contribution in [0.15, 0.2) is 6.07 Å². The first-order valence-corrected chi connectivity index (χ1v) is 7.42.